The Labute approximate surface area is 522 Å². The molecule has 9 rings (SSSR count). The van der Waals surface area contributed by atoms with Gasteiger partial charge in [-0.3, -0.25) is 14.4 Å². The van der Waals surface area contributed by atoms with E-state index < -0.39 is 220 Å². The van der Waals surface area contributed by atoms with Crippen molar-refractivity contribution >= 4 is 17.6 Å². The third-order valence-corrected chi connectivity index (χ3v) is 21.6. The van der Waals surface area contributed by atoms with Gasteiger partial charge in [0.25, 0.3) is 0 Å². The highest BCUT2D eigenvalue weighted by Crippen LogP contribution is 2.70. The number of aliphatic hydroxyl groups is 14. The summed E-state index contributed by atoms with van der Waals surface area (Å²) in [7, 11) is 0. The largest absolute Gasteiger partial charge is 0.394 e. The molecule has 16 N–H and O–H groups in total. The maximum Gasteiger partial charge on any atom is 0.217 e. The fourth-order valence-electron chi connectivity index (χ4n) is 16.5. The SMILES string of the molecule is CC(=O)NC1C(OC2COC(OC3CCC4(C)C5CC(O)C6(C)C(=C5CCC4(O)C3(C)C)CCC6C(C)CC(=O)C=C(C)C)C(OC3OC(COC4OCC(O)C(O)C4OC4OC(CO)C(O)C(O)C4O)C(O)C(O)C3NC(C)=O)C2O)OC(CO)C(O)C1O. The van der Waals surface area contributed by atoms with Crippen molar-refractivity contribution in [1.29, 1.82) is 0 Å². The predicted molar refractivity (Wildman–Crippen MR) is 306 cm³/mol. The molecule has 5 saturated heterocycles. The van der Waals surface area contributed by atoms with E-state index in [-0.39, 0.29) is 23.5 Å². The zero-order valence-corrected chi connectivity index (χ0v) is 52.5. The van der Waals surface area contributed by atoms with E-state index in [0.717, 1.165) is 32.3 Å². The number of amides is 2. The number of carbonyl (C=O) groups is 3. The molecule has 0 spiro atoms. The number of nitrogens with one attached hydrogen (secondary N) is 2. The summed E-state index contributed by atoms with van der Waals surface area (Å²) >= 11 is 0. The monoisotopic (exact) mass is 1290 g/mol. The summed E-state index contributed by atoms with van der Waals surface area (Å²) in [5, 5.41) is 162. The highest BCUT2D eigenvalue weighted by molar-refractivity contribution is 5.90. The van der Waals surface area contributed by atoms with E-state index in [4.69, 9.17) is 47.4 Å². The Hall–Kier alpha value is -2.87. The summed E-state index contributed by atoms with van der Waals surface area (Å²) < 4.78 is 61.3. The Morgan fingerprint density at radius 2 is 1.18 bits per heavy atom. The lowest BCUT2D eigenvalue weighted by Crippen LogP contribution is -2.71. The van der Waals surface area contributed by atoms with Gasteiger partial charge in [-0.15, -0.1) is 0 Å². The lowest BCUT2D eigenvalue weighted by Gasteiger charge is -2.67. The van der Waals surface area contributed by atoms with Crippen LogP contribution in [0.1, 0.15) is 114 Å². The molecule has 0 radical (unpaired) electrons. The third kappa shape index (κ3) is 13.3. The van der Waals surface area contributed by atoms with Gasteiger partial charge in [0.15, 0.2) is 37.2 Å². The molecule has 29 heteroatoms. The first-order valence-electron chi connectivity index (χ1n) is 31.5. The summed E-state index contributed by atoms with van der Waals surface area (Å²) in [4.78, 5) is 38.4. The minimum Gasteiger partial charge on any atom is -0.394 e. The van der Waals surface area contributed by atoms with Gasteiger partial charge in [0.1, 0.15) is 110 Å². The van der Waals surface area contributed by atoms with Gasteiger partial charge in [-0.25, -0.2) is 0 Å². The molecule has 29 nitrogen and oxygen atoms in total. The number of aliphatic hydroxyl groups excluding tert-OH is 13. The van der Waals surface area contributed by atoms with Crippen molar-refractivity contribution < 1.29 is 133 Å². The van der Waals surface area contributed by atoms with Gasteiger partial charge in [0.05, 0.1) is 50.8 Å². The second-order valence-electron chi connectivity index (χ2n) is 27.8. The molecule has 31 atom stereocenters. The molecule has 5 aliphatic heterocycles. The van der Waals surface area contributed by atoms with E-state index in [1.165, 1.54) is 11.1 Å². The van der Waals surface area contributed by atoms with Crippen molar-refractivity contribution in [2.24, 2.45) is 34.0 Å². The molecule has 0 aromatic heterocycles. The molecule has 9 aliphatic rings. The van der Waals surface area contributed by atoms with Crippen molar-refractivity contribution in [2.75, 3.05) is 33.0 Å². The Bertz CT molecular complexity index is 2580. The van der Waals surface area contributed by atoms with Crippen LogP contribution in [0.25, 0.3) is 0 Å². The Morgan fingerprint density at radius 1 is 0.622 bits per heavy atom. The first-order chi connectivity index (χ1) is 42.2. The van der Waals surface area contributed by atoms with Crippen LogP contribution < -0.4 is 10.6 Å². The summed E-state index contributed by atoms with van der Waals surface area (Å²) in [5.74, 6) is -1.50. The van der Waals surface area contributed by atoms with Crippen LogP contribution in [0.2, 0.25) is 0 Å². The molecule has 8 fully saturated rings. The summed E-state index contributed by atoms with van der Waals surface area (Å²) in [6, 6.07) is -3.12. The number of hydrogen-bond donors (Lipinski definition) is 16. The van der Waals surface area contributed by atoms with Crippen LogP contribution in [-0.4, -0.2) is 281 Å². The van der Waals surface area contributed by atoms with Gasteiger partial charge in [-0.2, -0.15) is 0 Å². The number of carbonyl (C=O) groups excluding carboxylic acids is 3. The van der Waals surface area contributed by atoms with Crippen LogP contribution in [0.5, 0.6) is 0 Å². The molecule has 0 aromatic carbocycles. The van der Waals surface area contributed by atoms with E-state index in [2.05, 4.69) is 31.4 Å². The van der Waals surface area contributed by atoms with Gasteiger partial charge in [-0.1, -0.05) is 51.3 Å². The maximum atomic E-state index is 13.5. The van der Waals surface area contributed by atoms with Crippen molar-refractivity contribution in [2.45, 2.75) is 273 Å². The zero-order valence-electron chi connectivity index (χ0n) is 52.5. The first kappa shape index (κ1) is 71.4. The van der Waals surface area contributed by atoms with Gasteiger partial charge < -0.3 is 129 Å². The van der Waals surface area contributed by atoms with Crippen molar-refractivity contribution in [3.63, 3.8) is 0 Å². The molecule has 0 aromatic rings. The second-order valence-corrected chi connectivity index (χ2v) is 27.8. The normalized spacial score (nSPS) is 48.1. The topological polar surface area (TPSA) is 451 Å². The third-order valence-electron chi connectivity index (χ3n) is 21.6. The maximum absolute atomic E-state index is 13.5. The fourth-order valence-corrected chi connectivity index (χ4v) is 16.5. The predicted octanol–water partition coefficient (Wildman–Crippen LogP) is -3.96. The number of rotatable bonds is 19. The van der Waals surface area contributed by atoms with Crippen LogP contribution in [0.4, 0.5) is 0 Å². The molecule has 4 aliphatic carbocycles. The number of ketones is 1. The number of fused-ring (bicyclic) bond motifs is 4. The van der Waals surface area contributed by atoms with E-state index in [1.807, 2.05) is 27.7 Å². The van der Waals surface area contributed by atoms with Crippen molar-refractivity contribution in [3.8, 4) is 0 Å². The summed E-state index contributed by atoms with van der Waals surface area (Å²) in [5.41, 5.74) is -0.580. The molecule has 0 bridgehead atoms. The quantitative estimate of drug-likeness (QED) is 0.0333. The van der Waals surface area contributed by atoms with E-state index in [1.54, 1.807) is 6.08 Å². The number of allylic oxidation sites excluding steroid dienone is 3. The minimum atomic E-state index is -1.95. The number of ether oxygens (including phenoxy) is 10. The van der Waals surface area contributed by atoms with Crippen LogP contribution in [0.3, 0.4) is 0 Å². The Balaban J connectivity index is 0.993. The van der Waals surface area contributed by atoms with Crippen LogP contribution in [0.15, 0.2) is 22.8 Å². The Kier molecular flexibility index (Phi) is 22.3. The van der Waals surface area contributed by atoms with Crippen LogP contribution >= 0.6 is 0 Å². The molecule has 90 heavy (non-hydrogen) atoms. The standard InChI is InChI=1S/C61H98N2O27/c1-24(2)16-28(68)17-25(3)30-10-11-31-29-12-15-61(80)58(6,7)39(13-14-59(61,8)32(29)18-38(70)60(30,31)9)88-57-52(46(75)37(23-83-57)87-53-40(62-26(4)66)47(76)43(72)34(19-64)84-53)89-54-41(63-27(5)67)48(77)45(74)36(86-54)22-82-56-51(42(71)33(69)21-81-56)90-55-50(79)49(78)44(73)35(20-65)85-55/h16,25,30,32-57,64-65,69-80H,10-15,17-23H2,1-9H3,(H,62,66)(H,63,67). The smallest absolute Gasteiger partial charge is 0.217 e. The fraction of sp³-hybridized carbons (Fsp3) is 0.885. The second kappa shape index (κ2) is 28.1. The van der Waals surface area contributed by atoms with Gasteiger partial charge in [0, 0.05) is 36.5 Å². The molecule has 5 heterocycles. The van der Waals surface area contributed by atoms with E-state index in [9.17, 15) is 85.9 Å². The highest BCUT2D eigenvalue weighted by Gasteiger charge is 2.69. The zero-order chi connectivity index (χ0) is 66.0. The highest BCUT2D eigenvalue weighted by atomic mass is 16.8. The average molecular weight is 1290 g/mol. The first-order valence-corrected chi connectivity index (χ1v) is 31.5. The van der Waals surface area contributed by atoms with E-state index >= 15 is 0 Å². The average Bonchev–Trinajstić information content (AvgIpc) is 1.77. The molecular formula is C61H98N2O27. The van der Waals surface area contributed by atoms with Crippen LogP contribution in [0, 0.1) is 34.0 Å². The van der Waals surface area contributed by atoms with Gasteiger partial charge in [0.2, 0.25) is 11.8 Å². The lowest BCUT2D eigenvalue weighted by molar-refractivity contribution is -0.378. The van der Waals surface area contributed by atoms with Gasteiger partial charge in [-0.05, 0) is 82.6 Å². The molecule has 514 valence electrons. The van der Waals surface area contributed by atoms with Gasteiger partial charge >= 0.3 is 0 Å². The summed E-state index contributed by atoms with van der Waals surface area (Å²) in [6.07, 6.45) is -32.6. The van der Waals surface area contributed by atoms with E-state index in [0.29, 0.717) is 38.5 Å². The Morgan fingerprint density at radius 3 is 1.79 bits per heavy atom. The van der Waals surface area contributed by atoms with Crippen molar-refractivity contribution in [3.05, 3.63) is 22.8 Å². The minimum absolute atomic E-state index is 0.00994. The molecule has 31 unspecified atom stereocenters. The number of hydrogen-bond acceptors (Lipinski definition) is 27. The summed E-state index contributed by atoms with van der Waals surface area (Å²) in [6.45, 7) is 12.6. The molecule has 3 saturated carbocycles. The molecule has 2 amide bonds. The van der Waals surface area contributed by atoms with Crippen LogP contribution in [-0.2, 0) is 61.8 Å². The molecular weight excluding hydrogens is 1190 g/mol. The van der Waals surface area contributed by atoms with Crippen molar-refractivity contribution in [1.82, 2.24) is 10.6 Å². The lowest BCUT2D eigenvalue weighted by atomic mass is 9.41.